The van der Waals surface area contributed by atoms with E-state index in [2.05, 4.69) is 36.5 Å². The van der Waals surface area contributed by atoms with E-state index in [0.717, 1.165) is 12.8 Å². The molecule has 1 N–H and O–H groups in total. The van der Waals surface area contributed by atoms with Crippen LogP contribution in [0, 0.1) is 12.7 Å². The van der Waals surface area contributed by atoms with Gasteiger partial charge in [-0.2, -0.15) is 0 Å². The van der Waals surface area contributed by atoms with Gasteiger partial charge in [-0.1, -0.05) is 35.9 Å². The molecule has 2 rings (SSSR count). The van der Waals surface area contributed by atoms with Crippen molar-refractivity contribution in [2.75, 3.05) is 14.2 Å². The van der Waals surface area contributed by atoms with Crippen LogP contribution < -0.4 is 10.1 Å². The van der Waals surface area contributed by atoms with Crippen LogP contribution in [-0.2, 0) is 6.42 Å². The Morgan fingerprint density at radius 1 is 1.14 bits per heavy atom. The van der Waals surface area contributed by atoms with Crippen LogP contribution in [0.25, 0.3) is 0 Å². The minimum Gasteiger partial charge on any atom is -0.497 e. The molecule has 112 valence electrons. The van der Waals surface area contributed by atoms with Crippen LogP contribution in [0.2, 0.25) is 0 Å². The Labute approximate surface area is 126 Å². The molecule has 1 unspecified atom stereocenters. The van der Waals surface area contributed by atoms with Crippen LogP contribution in [0.3, 0.4) is 0 Å². The molecule has 3 heteroatoms. The first kappa shape index (κ1) is 15.5. The molecule has 0 spiro atoms. The predicted molar refractivity (Wildman–Crippen MR) is 84.3 cm³/mol. The van der Waals surface area contributed by atoms with Crippen molar-refractivity contribution in [2.45, 2.75) is 25.8 Å². The SMILES string of the molecule is CNC(CCc1ccc(C)cc1)c1ccc(OC)cc1F. The molecule has 0 saturated heterocycles. The van der Waals surface area contributed by atoms with Gasteiger partial charge in [0.1, 0.15) is 11.6 Å². The molecule has 0 fully saturated rings. The summed E-state index contributed by atoms with van der Waals surface area (Å²) in [5, 5.41) is 3.20. The van der Waals surface area contributed by atoms with Crippen molar-refractivity contribution >= 4 is 0 Å². The van der Waals surface area contributed by atoms with Gasteiger partial charge in [-0.15, -0.1) is 0 Å². The molecule has 2 aromatic carbocycles. The van der Waals surface area contributed by atoms with Crippen molar-refractivity contribution in [3.05, 3.63) is 65.0 Å². The molecule has 0 aliphatic heterocycles. The molecule has 0 aliphatic rings. The highest BCUT2D eigenvalue weighted by molar-refractivity contribution is 5.31. The lowest BCUT2D eigenvalue weighted by Gasteiger charge is -2.18. The quantitative estimate of drug-likeness (QED) is 0.866. The Kier molecular flexibility index (Phi) is 5.34. The number of rotatable bonds is 6. The molecule has 21 heavy (non-hydrogen) atoms. The number of halogens is 1. The van der Waals surface area contributed by atoms with Gasteiger partial charge in [-0.05, 0) is 38.4 Å². The third-order valence-electron chi connectivity index (χ3n) is 3.77. The number of benzene rings is 2. The monoisotopic (exact) mass is 287 g/mol. The van der Waals surface area contributed by atoms with E-state index in [1.807, 2.05) is 7.05 Å². The molecular formula is C18H22FNO. The highest BCUT2D eigenvalue weighted by atomic mass is 19.1. The number of methoxy groups -OCH3 is 1. The zero-order valence-corrected chi connectivity index (χ0v) is 12.8. The van der Waals surface area contributed by atoms with E-state index in [-0.39, 0.29) is 11.9 Å². The first-order valence-corrected chi connectivity index (χ1v) is 7.20. The van der Waals surface area contributed by atoms with Crippen LogP contribution in [0.15, 0.2) is 42.5 Å². The zero-order chi connectivity index (χ0) is 15.2. The van der Waals surface area contributed by atoms with Gasteiger partial charge in [0.05, 0.1) is 7.11 Å². The van der Waals surface area contributed by atoms with E-state index in [1.54, 1.807) is 19.2 Å². The lowest BCUT2D eigenvalue weighted by atomic mass is 9.98. The second-order valence-corrected chi connectivity index (χ2v) is 5.25. The molecule has 0 heterocycles. The van der Waals surface area contributed by atoms with Gasteiger partial charge in [0.2, 0.25) is 0 Å². The average Bonchev–Trinajstić information content (AvgIpc) is 2.50. The van der Waals surface area contributed by atoms with Crippen molar-refractivity contribution in [1.29, 1.82) is 0 Å². The smallest absolute Gasteiger partial charge is 0.131 e. The van der Waals surface area contributed by atoms with Gasteiger partial charge < -0.3 is 10.1 Å². The first-order chi connectivity index (χ1) is 10.1. The second-order valence-electron chi connectivity index (χ2n) is 5.25. The van der Waals surface area contributed by atoms with E-state index in [0.29, 0.717) is 11.3 Å². The Morgan fingerprint density at radius 3 is 2.43 bits per heavy atom. The fraction of sp³-hybridized carbons (Fsp3) is 0.333. The molecule has 0 amide bonds. The molecule has 1 atom stereocenters. The van der Waals surface area contributed by atoms with E-state index < -0.39 is 0 Å². The summed E-state index contributed by atoms with van der Waals surface area (Å²) in [6.45, 7) is 2.08. The summed E-state index contributed by atoms with van der Waals surface area (Å²) in [5.74, 6) is 0.322. The van der Waals surface area contributed by atoms with Gasteiger partial charge in [0.15, 0.2) is 0 Å². The van der Waals surface area contributed by atoms with E-state index in [1.165, 1.54) is 17.2 Å². The Bertz CT molecular complexity index is 580. The Morgan fingerprint density at radius 2 is 1.86 bits per heavy atom. The maximum Gasteiger partial charge on any atom is 0.131 e. The minimum absolute atomic E-state index is 0.00258. The molecule has 2 aromatic rings. The highest BCUT2D eigenvalue weighted by Gasteiger charge is 2.14. The Hall–Kier alpha value is -1.87. The van der Waals surface area contributed by atoms with Crippen molar-refractivity contribution in [1.82, 2.24) is 5.32 Å². The average molecular weight is 287 g/mol. The lowest BCUT2D eigenvalue weighted by molar-refractivity contribution is 0.409. The van der Waals surface area contributed by atoms with Crippen LogP contribution in [0.4, 0.5) is 4.39 Å². The fourth-order valence-electron chi connectivity index (χ4n) is 2.44. The second kappa shape index (κ2) is 7.23. The summed E-state index contributed by atoms with van der Waals surface area (Å²) in [7, 11) is 3.41. The highest BCUT2D eigenvalue weighted by Crippen LogP contribution is 2.25. The predicted octanol–water partition coefficient (Wildman–Crippen LogP) is 4.04. The summed E-state index contributed by atoms with van der Waals surface area (Å²) in [4.78, 5) is 0. The lowest BCUT2D eigenvalue weighted by Crippen LogP contribution is -2.18. The topological polar surface area (TPSA) is 21.3 Å². The van der Waals surface area contributed by atoms with Gasteiger partial charge in [-0.25, -0.2) is 4.39 Å². The number of hydrogen-bond acceptors (Lipinski definition) is 2. The van der Waals surface area contributed by atoms with Crippen molar-refractivity contribution < 1.29 is 9.13 Å². The van der Waals surface area contributed by atoms with E-state index in [9.17, 15) is 4.39 Å². The van der Waals surface area contributed by atoms with E-state index >= 15 is 0 Å². The fourth-order valence-corrected chi connectivity index (χ4v) is 2.44. The molecular weight excluding hydrogens is 265 g/mol. The van der Waals surface area contributed by atoms with Crippen molar-refractivity contribution in [3.8, 4) is 5.75 Å². The standard InChI is InChI=1S/C18H22FNO/c1-13-4-6-14(7-5-13)8-11-18(20-2)16-10-9-15(21-3)12-17(16)19/h4-7,9-10,12,18,20H,8,11H2,1-3H3. The molecule has 0 bridgehead atoms. The summed E-state index contributed by atoms with van der Waals surface area (Å²) < 4.78 is 19.2. The van der Waals surface area contributed by atoms with Crippen molar-refractivity contribution in [2.24, 2.45) is 0 Å². The van der Waals surface area contributed by atoms with Gasteiger partial charge >= 0.3 is 0 Å². The number of aryl methyl sites for hydroxylation is 2. The first-order valence-electron chi connectivity index (χ1n) is 7.20. The summed E-state index contributed by atoms with van der Waals surface area (Å²) in [6.07, 6.45) is 1.76. The summed E-state index contributed by atoms with van der Waals surface area (Å²) in [6, 6.07) is 13.5. The van der Waals surface area contributed by atoms with Crippen LogP contribution in [0.1, 0.15) is 29.2 Å². The largest absolute Gasteiger partial charge is 0.497 e. The van der Waals surface area contributed by atoms with Crippen LogP contribution >= 0.6 is 0 Å². The molecule has 0 radical (unpaired) electrons. The maximum absolute atomic E-state index is 14.1. The molecule has 0 aliphatic carbocycles. The van der Waals surface area contributed by atoms with Gasteiger partial charge in [0.25, 0.3) is 0 Å². The zero-order valence-electron chi connectivity index (χ0n) is 12.8. The Balaban J connectivity index is 2.07. The maximum atomic E-state index is 14.1. The third kappa shape index (κ3) is 4.05. The summed E-state index contributed by atoms with van der Waals surface area (Å²) in [5.41, 5.74) is 3.21. The van der Waals surface area contributed by atoms with Crippen LogP contribution in [0.5, 0.6) is 5.75 Å². The molecule has 0 saturated carbocycles. The van der Waals surface area contributed by atoms with Gasteiger partial charge in [0, 0.05) is 17.7 Å². The van der Waals surface area contributed by atoms with Crippen molar-refractivity contribution in [3.63, 3.8) is 0 Å². The number of ether oxygens (including phenoxy) is 1. The number of hydrogen-bond donors (Lipinski definition) is 1. The molecule has 0 aromatic heterocycles. The summed E-state index contributed by atoms with van der Waals surface area (Å²) >= 11 is 0. The number of nitrogens with one attached hydrogen (secondary N) is 1. The minimum atomic E-state index is -0.224. The van der Waals surface area contributed by atoms with Gasteiger partial charge in [-0.3, -0.25) is 0 Å². The molecule has 2 nitrogen and oxygen atoms in total. The third-order valence-corrected chi connectivity index (χ3v) is 3.77. The normalized spacial score (nSPS) is 12.2. The van der Waals surface area contributed by atoms with E-state index in [4.69, 9.17) is 4.74 Å². The van der Waals surface area contributed by atoms with Crippen LogP contribution in [-0.4, -0.2) is 14.2 Å².